The lowest BCUT2D eigenvalue weighted by molar-refractivity contribution is -0.136. The molecule has 2 atom stereocenters. The topological polar surface area (TPSA) is 29.5 Å². The lowest BCUT2D eigenvalue weighted by Gasteiger charge is -2.52. The van der Waals surface area contributed by atoms with Crippen molar-refractivity contribution >= 4 is 0 Å². The maximum absolute atomic E-state index is 13.4. The molecule has 2 nitrogen and oxygen atoms in total. The van der Waals surface area contributed by atoms with Crippen LogP contribution in [0, 0.1) is 13.8 Å². The smallest absolute Gasteiger partial charge is 0.155 e. The fraction of sp³-hybridized carbons (Fsp3) is 0.351. The van der Waals surface area contributed by atoms with Crippen molar-refractivity contribution in [2.24, 2.45) is 0 Å². The molecular formula is C37H42O2. The molecule has 39 heavy (non-hydrogen) atoms. The normalized spacial score (nSPS) is 20.9. The molecule has 0 aliphatic heterocycles. The zero-order valence-electron chi connectivity index (χ0n) is 24.9. The fourth-order valence-electron chi connectivity index (χ4n) is 6.28. The highest BCUT2D eigenvalue weighted by Crippen LogP contribution is 2.59. The molecule has 202 valence electrons. The zero-order chi connectivity index (χ0) is 28.4. The molecule has 2 unspecified atom stereocenters. The van der Waals surface area contributed by atoms with Crippen LogP contribution in [0.1, 0.15) is 86.1 Å². The van der Waals surface area contributed by atoms with Crippen LogP contribution in [-0.2, 0) is 26.8 Å². The van der Waals surface area contributed by atoms with E-state index in [1.807, 2.05) is 0 Å². The molecule has 0 saturated carbocycles. The Bertz CT molecular complexity index is 1510. The van der Waals surface area contributed by atoms with Crippen LogP contribution in [0.15, 0.2) is 84.9 Å². The molecule has 1 N–H and O–H groups in total. The van der Waals surface area contributed by atoms with Gasteiger partial charge < -0.3 is 9.84 Å². The van der Waals surface area contributed by atoms with E-state index in [1.54, 1.807) is 7.11 Å². The molecule has 0 spiro atoms. The average molecular weight is 519 g/mol. The van der Waals surface area contributed by atoms with Crippen LogP contribution in [0.3, 0.4) is 0 Å². The molecule has 1 aliphatic rings. The highest BCUT2D eigenvalue weighted by Gasteiger charge is 2.60. The van der Waals surface area contributed by atoms with Gasteiger partial charge in [-0.2, -0.15) is 0 Å². The Labute approximate surface area is 234 Å². The van der Waals surface area contributed by atoms with Crippen molar-refractivity contribution in [1.82, 2.24) is 0 Å². The van der Waals surface area contributed by atoms with Crippen LogP contribution >= 0.6 is 0 Å². The van der Waals surface area contributed by atoms with Crippen molar-refractivity contribution in [1.29, 1.82) is 0 Å². The van der Waals surface area contributed by atoms with E-state index in [4.69, 9.17) is 4.74 Å². The molecule has 0 aromatic heterocycles. The van der Waals surface area contributed by atoms with E-state index in [0.717, 1.165) is 44.5 Å². The summed E-state index contributed by atoms with van der Waals surface area (Å²) in [5.41, 5.74) is 7.78. The third-order valence-corrected chi connectivity index (χ3v) is 8.55. The van der Waals surface area contributed by atoms with E-state index >= 15 is 0 Å². The van der Waals surface area contributed by atoms with Gasteiger partial charge >= 0.3 is 0 Å². The molecule has 0 fully saturated rings. The monoisotopic (exact) mass is 518 g/mol. The molecule has 0 amide bonds. The predicted molar refractivity (Wildman–Crippen MR) is 162 cm³/mol. The van der Waals surface area contributed by atoms with E-state index in [1.165, 1.54) is 11.1 Å². The summed E-state index contributed by atoms with van der Waals surface area (Å²) in [5.74, 6) is 0. The van der Waals surface area contributed by atoms with Crippen molar-refractivity contribution in [3.63, 3.8) is 0 Å². The summed E-state index contributed by atoms with van der Waals surface area (Å²) >= 11 is 0. The zero-order valence-corrected chi connectivity index (χ0v) is 24.9. The second kappa shape index (κ2) is 9.18. The van der Waals surface area contributed by atoms with Crippen LogP contribution in [0.25, 0.3) is 11.1 Å². The first-order valence-electron chi connectivity index (χ1n) is 14.0. The molecule has 0 bridgehead atoms. The van der Waals surface area contributed by atoms with Crippen LogP contribution in [-0.4, -0.2) is 12.2 Å². The molecular weight excluding hydrogens is 476 g/mol. The number of rotatable bonds is 3. The lowest BCUT2D eigenvalue weighted by Crippen LogP contribution is -2.54. The second-order valence-corrected chi connectivity index (χ2v) is 13.3. The number of aliphatic hydroxyl groups is 1. The van der Waals surface area contributed by atoms with Crippen LogP contribution in [0.2, 0.25) is 0 Å². The largest absolute Gasteiger partial charge is 0.377 e. The molecule has 0 radical (unpaired) electrons. The number of aryl methyl sites for hydroxylation is 2. The third kappa shape index (κ3) is 4.17. The van der Waals surface area contributed by atoms with Crippen molar-refractivity contribution in [3.05, 3.63) is 129 Å². The summed E-state index contributed by atoms with van der Waals surface area (Å²) in [4.78, 5) is 0. The third-order valence-electron chi connectivity index (χ3n) is 8.55. The minimum atomic E-state index is -1.48. The molecule has 4 aromatic carbocycles. The number of benzene rings is 4. The van der Waals surface area contributed by atoms with Gasteiger partial charge in [-0.25, -0.2) is 0 Å². The quantitative estimate of drug-likeness (QED) is 0.294. The van der Waals surface area contributed by atoms with Crippen molar-refractivity contribution in [3.8, 4) is 11.1 Å². The van der Waals surface area contributed by atoms with Crippen molar-refractivity contribution in [2.45, 2.75) is 77.4 Å². The summed E-state index contributed by atoms with van der Waals surface area (Å²) in [5, 5.41) is 13.4. The first kappa shape index (κ1) is 27.4. The van der Waals surface area contributed by atoms with Gasteiger partial charge in [0.2, 0.25) is 0 Å². The van der Waals surface area contributed by atoms with Gasteiger partial charge in [0, 0.05) is 7.11 Å². The summed E-state index contributed by atoms with van der Waals surface area (Å²) in [7, 11) is 1.74. The van der Waals surface area contributed by atoms with Gasteiger partial charge in [0.1, 0.15) is 0 Å². The number of hydrogen-bond donors (Lipinski definition) is 1. The fourth-order valence-corrected chi connectivity index (χ4v) is 6.28. The van der Waals surface area contributed by atoms with Crippen LogP contribution in [0.5, 0.6) is 0 Å². The minimum Gasteiger partial charge on any atom is -0.377 e. The predicted octanol–water partition coefficient (Wildman–Crippen LogP) is 8.70. The first-order chi connectivity index (χ1) is 18.2. The van der Waals surface area contributed by atoms with Crippen molar-refractivity contribution < 1.29 is 9.84 Å². The Morgan fingerprint density at radius 3 is 1.41 bits per heavy atom. The molecule has 2 heteroatoms. The Morgan fingerprint density at radius 2 is 0.974 bits per heavy atom. The van der Waals surface area contributed by atoms with Gasteiger partial charge in [-0.05, 0) is 69.2 Å². The summed E-state index contributed by atoms with van der Waals surface area (Å²) < 4.78 is 6.69. The van der Waals surface area contributed by atoms with Gasteiger partial charge in [0.05, 0.1) is 0 Å². The number of hydrogen-bond acceptors (Lipinski definition) is 2. The SMILES string of the molecule is COC1(c2ccc(C(C)(C)C)cc2)c2cc(C)ccc2-c2ccc(C)cc2C1(O)c1ccc(C(C)(C)C)cc1. The molecule has 1 aliphatic carbocycles. The Morgan fingerprint density at radius 1 is 0.564 bits per heavy atom. The Balaban J connectivity index is 1.91. The average Bonchev–Trinajstić information content (AvgIpc) is 2.88. The highest BCUT2D eigenvalue weighted by atomic mass is 16.5. The minimum absolute atomic E-state index is 0.00700. The maximum atomic E-state index is 13.4. The summed E-state index contributed by atoms with van der Waals surface area (Å²) in [6, 6.07) is 30.1. The van der Waals surface area contributed by atoms with Crippen molar-refractivity contribution in [2.75, 3.05) is 7.11 Å². The van der Waals surface area contributed by atoms with Gasteiger partial charge in [-0.1, -0.05) is 138 Å². The van der Waals surface area contributed by atoms with Gasteiger partial charge in [-0.15, -0.1) is 0 Å². The van der Waals surface area contributed by atoms with E-state index in [9.17, 15) is 5.11 Å². The maximum Gasteiger partial charge on any atom is 0.155 e. The highest BCUT2D eigenvalue weighted by molar-refractivity contribution is 5.80. The van der Waals surface area contributed by atoms with Gasteiger partial charge in [0.15, 0.2) is 11.2 Å². The molecule has 0 heterocycles. The standard InChI is InChI=1S/C37H42O2/c1-24-10-20-30-31-21-11-25(2)23-33(31)37(39-9,29-18-14-27(15-19-29)35(6,7)8)36(38,32(30)22-24)28-16-12-26(13-17-28)34(3,4)5/h10-23,38H,1-9H3. The number of fused-ring (bicyclic) bond motifs is 3. The summed E-state index contributed by atoms with van der Waals surface area (Å²) in [6.07, 6.45) is 0. The second-order valence-electron chi connectivity index (χ2n) is 13.3. The van der Waals surface area contributed by atoms with Gasteiger partial charge in [0.25, 0.3) is 0 Å². The number of ether oxygens (including phenoxy) is 1. The molecule has 4 aromatic rings. The van der Waals surface area contributed by atoms with Crippen LogP contribution in [0.4, 0.5) is 0 Å². The Hall–Kier alpha value is -3.20. The lowest BCUT2D eigenvalue weighted by atomic mass is 9.59. The van der Waals surface area contributed by atoms with E-state index in [-0.39, 0.29) is 10.8 Å². The first-order valence-corrected chi connectivity index (χ1v) is 14.0. The number of methoxy groups -OCH3 is 1. The molecule has 0 saturated heterocycles. The van der Waals surface area contributed by atoms with E-state index < -0.39 is 11.2 Å². The molecule has 5 rings (SSSR count). The summed E-state index contributed by atoms with van der Waals surface area (Å²) in [6.45, 7) is 17.5. The van der Waals surface area contributed by atoms with Crippen LogP contribution < -0.4 is 0 Å². The Kier molecular flexibility index (Phi) is 6.44. The van der Waals surface area contributed by atoms with Gasteiger partial charge in [-0.3, -0.25) is 0 Å². The van der Waals surface area contributed by atoms with E-state index in [0.29, 0.717) is 0 Å². The van der Waals surface area contributed by atoms with E-state index in [2.05, 4.69) is 140 Å².